The Morgan fingerprint density at radius 3 is 2.26 bits per heavy atom. The highest BCUT2D eigenvalue weighted by Crippen LogP contribution is 2.42. The largest absolute Gasteiger partial charge is 0.494 e. The lowest BCUT2D eigenvalue weighted by molar-refractivity contribution is 0.0973. The Kier molecular flexibility index (Phi) is 9.62. The van der Waals surface area contributed by atoms with E-state index in [1.165, 1.54) is 0 Å². The van der Waals surface area contributed by atoms with Crippen molar-refractivity contribution in [3.05, 3.63) is 41.3 Å². The van der Waals surface area contributed by atoms with Crippen LogP contribution in [0.1, 0.15) is 57.5 Å². The summed E-state index contributed by atoms with van der Waals surface area (Å²) in [6.07, 6.45) is 1.67. The zero-order valence-electron chi connectivity index (χ0n) is 26.3. The summed E-state index contributed by atoms with van der Waals surface area (Å²) in [5.74, 6) is 0.346. The number of nitrogen functional groups attached to an aromatic ring is 1. The second-order valence-corrected chi connectivity index (χ2v) is 11.5. The third kappa shape index (κ3) is 6.45. The number of benzene rings is 2. The second kappa shape index (κ2) is 13.0. The van der Waals surface area contributed by atoms with Crippen LogP contribution in [0.25, 0.3) is 10.8 Å². The Morgan fingerprint density at radius 1 is 1.00 bits per heavy atom. The third-order valence-corrected chi connectivity index (χ3v) is 7.62. The van der Waals surface area contributed by atoms with Gasteiger partial charge in [0, 0.05) is 55.4 Å². The van der Waals surface area contributed by atoms with Gasteiger partial charge in [-0.2, -0.15) is 0 Å². The van der Waals surface area contributed by atoms with Crippen LogP contribution >= 0.6 is 0 Å². The van der Waals surface area contributed by atoms with Crippen LogP contribution < -0.4 is 30.2 Å². The van der Waals surface area contributed by atoms with Gasteiger partial charge in [-0.05, 0) is 44.4 Å². The van der Waals surface area contributed by atoms with Crippen molar-refractivity contribution in [2.75, 3.05) is 63.7 Å². The molecular formula is C32H44FN5O5. The van der Waals surface area contributed by atoms with Gasteiger partial charge in [0.1, 0.15) is 11.6 Å². The molecule has 11 heteroatoms. The summed E-state index contributed by atoms with van der Waals surface area (Å²) < 4.78 is 34.2. The fourth-order valence-corrected chi connectivity index (χ4v) is 5.48. The van der Waals surface area contributed by atoms with Gasteiger partial charge in [-0.15, -0.1) is 0 Å². The van der Waals surface area contributed by atoms with Crippen LogP contribution in [0.15, 0.2) is 24.4 Å². The molecule has 1 aromatic heterocycles. The maximum absolute atomic E-state index is 15.6. The fourth-order valence-electron chi connectivity index (χ4n) is 5.48. The number of ketones is 1. The first kappa shape index (κ1) is 31.8. The van der Waals surface area contributed by atoms with E-state index in [1.807, 2.05) is 26.0 Å². The molecule has 1 saturated heterocycles. The number of methoxy groups -OCH3 is 1. The summed E-state index contributed by atoms with van der Waals surface area (Å²) in [6, 6.07) is 5.32. The molecule has 0 spiro atoms. The number of fused-ring (bicyclic) bond motifs is 1. The zero-order chi connectivity index (χ0) is 31.5. The van der Waals surface area contributed by atoms with Crippen LogP contribution in [0.5, 0.6) is 17.2 Å². The molecule has 2 amide bonds. The molecule has 4 rings (SSSR count). The summed E-state index contributed by atoms with van der Waals surface area (Å²) in [5, 5.41) is 3.56. The zero-order valence-corrected chi connectivity index (χ0v) is 26.3. The summed E-state index contributed by atoms with van der Waals surface area (Å²) in [5.41, 5.74) is 8.27. The van der Waals surface area contributed by atoms with Crippen molar-refractivity contribution in [1.82, 2.24) is 14.8 Å². The van der Waals surface area contributed by atoms with Crippen LogP contribution in [0.4, 0.5) is 20.7 Å². The molecule has 2 heterocycles. The molecule has 0 atom stereocenters. The van der Waals surface area contributed by atoms with E-state index in [0.29, 0.717) is 61.8 Å². The minimum absolute atomic E-state index is 0.00881. The minimum atomic E-state index is -0.611. The Labute approximate surface area is 252 Å². The molecule has 0 aliphatic carbocycles. The molecule has 2 aromatic carbocycles. The van der Waals surface area contributed by atoms with Gasteiger partial charge < -0.3 is 39.6 Å². The third-order valence-electron chi connectivity index (χ3n) is 7.62. The molecule has 1 aliphatic heterocycles. The first-order valence-electron chi connectivity index (χ1n) is 14.8. The summed E-state index contributed by atoms with van der Waals surface area (Å²) in [7, 11) is 1.63. The Morgan fingerprint density at radius 2 is 1.67 bits per heavy atom. The highest BCUT2D eigenvalue weighted by Gasteiger charge is 2.29. The number of aromatic nitrogens is 1. The predicted molar refractivity (Wildman–Crippen MR) is 168 cm³/mol. The summed E-state index contributed by atoms with van der Waals surface area (Å²) in [4.78, 5) is 30.2. The number of nitrogens with zero attached hydrogens (tertiary/aromatic N) is 3. The van der Waals surface area contributed by atoms with E-state index >= 15 is 4.39 Å². The first-order chi connectivity index (χ1) is 20.4. The molecule has 3 aromatic rings. The second-order valence-electron chi connectivity index (χ2n) is 11.5. The Balaban J connectivity index is 1.71. The highest BCUT2D eigenvalue weighted by molar-refractivity contribution is 6.00. The van der Waals surface area contributed by atoms with Crippen molar-refractivity contribution in [3.63, 3.8) is 0 Å². The number of piperazine rings is 1. The number of amides is 2. The number of anilines is 2. The number of halogens is 1. The normalized spacial score (nSPS) is 13.8. The van der Waals surface area contributed by atoms with Gasteiger partial charge in [-0.1, -0.05) is 20.8 Å². The lowest BCUT2D eigenvalue weighted by Crippen LogP contribution is -2.52. The van der Waals surface area contributed by atoms with E-state index in [2.05, 4.69) is 31.0 Å². The standard InChI is InChI=1S/C32H44FN5O5/c1-8-35-31(40)37-13-11-36(12-14-37)23-16-20(15-22(28(23)41-7)32(4,5)6)24(39)19-38-18-21-17-25(42-9-2)29(43-10-3)27(33)26(21)30(38)34/h15-18H,8-14,19,34H2,1-7H3,(H,35,40). The topological polar surface area (TPSA) is 111 Å². The summed E-state index contributed by atoms with van der Waals surface area (Å²) in [6.45, 7) is 15.1. The van der Waals surface area contributed by atoms with E-state index in [4.69, 9.17) is 19.9 Å². The van der Waals surface area contributed by atoms with E-state index < -0.39 is 5.82 Å². The van der Waals surface area contributed by atoms with Gasteiger partial charge in [0.05, 0.1) is 37.9 Å². The molecule has 1 fully saturated rings. The van der Waals surface area contributed by atoms with E-state index in [-0.39, 0.29) is 47.3 Å². The van der Waals surface area contributed by atoms with Crippen LogP contribution in [-0.2, 0) is 12.0 Å². The number of nitrogens with two attached hydrogens (primary N) is 1. The lowest BCUT2D eigenvalue weighted by atomic mass is 9.84. The molecule has 10 nitrogen and oxygen atoms in total. The number of Topliss-reactive ketones (excluding diaryl/α,β-unsaturated/α-hetero) is 1. The predicted octanol–water partition coefficient (Wildman–Crippen LogP) is 5.20. The molecule has 1 aliphatic rings. The number of urea groups is 1. The van der Waals surface area contributed by atoms with Gasteiger partial charge in [-0.3, -0.25) is 4.79 Å². The molecule has 234 valence electrons. The number of carbonyl (C=O) groups excluding carboxylic acids is 2. The molecule has 43 heavy (non-hydrogen) atoms. The maximum Gasteiger partial charge on any atom is 0.317 e. The fraction of sp³-hybridized carbons (Fsp3) is 0.500. The molecule has 3 N–H and O–H groups in total. The lowest BCUT2D eigenvalue weighted by Gasteiger charge is -2.37. The van der Waals surface area contributed by atoms with Crippen LogP contribution in [0.3, 0.4) is 0 Å². The van der Waals surface area contributed by atoms with Gasteiger partial charge >= 0.3 is 6.03 Å². The van der Waals surface area contributed by atoms with Crippen molar-refractivity contribution in [1.29, 1.82) is 0 Å². The number of rotatable bonds is 10. The first-order valence-corrected chi connectivity index (χ1v) is 14.8. The summed E-state index contributed by atoms with van der Waals surface area (Å²) >= 11 is 0. The highest BCUT2D eigenvalue weighted by atomic mass is 19.1. The number of ether oxygens (including phenoxy) is 3. The van der Waals surface area contributed by atoms with Crippen LogP contribution in [0, 0.1) is 5.82 Å². The number of hydrogen-bond donors (Lipinski definition) is 2. The van der Waals surface area contributed by atoms with Crippen molar-refractivity contribution in [2.45, 2.75) is 53.5 Å². The molecule has 0 bridgehead atoms. The maximum atomic E-state index is 15.6. The van der Waals surface area contributed by atoms with Crippen molar-refractivity contribution >= 4 is 34.1 Å². The molecule has 0 saturated carbocycles. The van der Waals surface area contributed by atoms with Gasteiger partial charge in [0.25, 0.3) is 0 Å². The average Bonchev–Trinajstić information content (AvgIpc) is 3.28. The van der Waals surface area contributed by atoms with E-state index in [0.717, 1.165) is 11.3 Å². The van der Waals surface area contributed by atoms with Crippen LogP contribution in [0.2, 0.25) is 0 Å². The van der Waals surface area contributed by atoms with Gasteiger partial charge in [-0.25, -0.2) is 9.18 Å². The SMILES string of the molecule is CCNC(=O)N1CCN(c2cc(C(=O)Cn3cc4cc(OCC)c(OCC)c(F)c4c3N)cc(C(C)(C)C)c2OC)CC1. The number of nitrogens with one attached hydrogen (secondary N) is 1. The number of hydrogen-bond acceptors (Lipinski definition) is 7. The minimum Gasteiger partial charge on any atom is -0.494 e. The van der Waals surface area contributed by atoms with Crippen molar-refractivity contribution in [2.24, 2.45) is 0 Å². The molecular weight excluding hydrogens is 553 g/mol. The number of carbonyl (C=O) groups is 2. The monoisotopic (exact) mass is 597 g/mol. The van der Waals surface area contributed by atoms with E-state index in [1.54, 1.807) is 35.8 Å². The van der Waals surface area contributed by atoms with Gasteiger partial charge in [0.2, 0.25) is 0 Å². The molecule has 0 unspecified atom stereocenters. The van der Waals surface area contributed by atoms with Crippen LogP contribution in [-0.4, -0.2) is 74.3 Å². The van der Waals surface area contributed by atoms with Gasteiger partial charge in [0.15, 0.2) is 23.1 Å². The van der Waals surface area contributed by atoms with E-state index in [9.17, 15) is 9.59 Å². The average molecular weight is 598 g/mol. The molecule has 0 radical (unpaired) electrons. The van der Waals surface area contributed by atoms with Crippen molar-refractivity contribution < 1.29 is 28.2 Å². The Bertz CT molecular complexity index is 1490. The van der Waals surface area contributed by atoms with Crippen molar-refractivity contribution in [3.8, 4) is 17.2 Å². The Hall–Kier alpha value is -4.15. The smallest absolute Gasteiger partial charge is 0.317 e. The quantitative estimate of drug-likeness (QED) is 0.309.